The summed E-state index contributed by atoms with van der Waals surface area (Å²) in [6.07, 6.45) is 0. The molecule has 2 aromatic carbocycles. The van der Waals surface area contributed by atoms with Crippen molar-refractivity contribution in [2.75, 3.05) is 14.2 Å². The molecule has 1 atom stereocenters. The first-order valence-electron chi connectivity index (χ1n) is 8.83. The van der Waals surface area contributed by atoms with Gasteiger partial charge in [-0.2, -0.15) is 0 Å². The third-order valence-electron chi connectivity index (χ3n) is 4.09. The lowest BCUT2D eigenvalue weighted by Crippen LogP contribution is -2.31. The summed E-state index contributed by atoms with van der Waals surface area (Å²) in [7, 11) is -0.852. The van der Waals surface area contributed by atoms with E-state index in [-0.39, 0.29) is 16.5 Å². The van der Waals surface area contributed by atoms with E-state index in [1.807, 2.05) is 13.8 Å². The molecular weight excluding hydrogens is 380 g/mol. The van der Waals surface area contributed by atoms with Crippen LogP contribution in [-0.4, -0.2) is 34.6 Å². The Hall–Kier alpha value is -2.58. The molecule has 2 rings (SSSR count). The van der Waals surface area contributed by atoms with Crippen LogP contribution in [0.4, 0.5) is 0 Å². The predicted molar refractivity (Wildman–Crippen MR) is 107 cm³/mol. The first kappa shape index (κ1) is 21.7. The van der Waals surface area contributed by atoms with Gasteiger partial charge in [0.25, 0.3) is 5.91 Å². The minimum atomic E-state index is -3.85. The molecule has 1 amide bonds. The molecule has 28 heavy (non-hydrogen) atoms. The smallest absolute Gasteiger partial charge is 0.255 e. The Balaban J connectivity index is 2.29. The van der Waals surface area contributed by atoms with Gasteiger partial charge in [0.05, 0.1) is 24.7 Å². The number of methoxy groups -OCH3 is 2. The van der Waals surface area contributed by atoms with Crippen molar-refractivity contribution < 1.29 is 22.7 Å². The first-order valence-corrected chi connectivity index (χ1v) is 10.3. The molecule has 0 saturated carbocycles. The monoisotopic (exact) mass is 406 g/mol. The maximum Gasteiger partial charge on any atom is 0.255 e. The fourth-order valence-corrected chi connectivity index (χ4v) is 3.89. The molecule has 2 N–H and O–H groups in total. The summed E-state index contributed by atoms with van der Waals surface area (Å²) in [6, 6.07) is 10.8. The van der Waals surface area contributed by atoms with Gasteiger partial charge in [-0.1, -0.05) is 12.1 Å². The molecule has 0 spiro atoms. The molecule has 0 saturated heterocycles. The normalized spacial score (nSPS) is 12.5. The van der Waals surface area contributed by atoms with E-state index in [1.165, 1.54) is 25.3 Å². The maximum absolute atomic E-state index is 12.8. The second-order valence-electron chi connectivity index (χ2n) is 6.61. The van der Waals surface area contributed by atoms with E-state index in [2.05, 4.69) is 10.0 Å². The van der Waals surface area contributed by atoms with E-state index in [0.717, 1.165) is 5.56 Å². The fraction of sp³-hybridized carbons (Fsp3) is 0.350. The Morgan fingerprint density at radius 2 is 1.61 bits per heavy atom. The van der Waals surface area contributed by atoms with Crippen LogP contribution in [0.1, 0.15) is 42.7 Å². The molecule has 7 nitrogen and oxygen atoms in total. The van der Waals surface area contributed by atoms with Gasteiger partial charge in [0.2, 0.25) is 10.0 Å². The van der Waals surface area contributed by atoms with Crippen LogP contribution in [0.15, 0.2) is 47.4 Å². The van der Waals surface area contributed by atoms with Crippen molar-refractivity contribution in [2.45, 2.75) is 37.8 Å². The fourth-order valence-electron chi connectivity index (χ4n) is 2.63. The SMILES string of the molecule is COc1ccc([C@H](C)NS(=O)(=O)c2ccc(OC)c(C(=O)NC(C)C)c2)cc1. The molecule has 152 valence electrons. The van der Waals surface area contributed by atoms with Crippen molar-refractivity contribution >= 4 is 15.9 Å². The Bertz CT molecular complexity index is 924. The summed E-state index contributed by atoms with van der Waals surface area (Å²) >= 11 is 0. The highest BCUT2D eigenvalue weighted by atomic mass is 32.2. The number of amides is 1. The third kappa shape index (κ3) is 5.24. The van der Waals surface area contributed by atoms with Gasteiger partial charge in [-0.3, -0.25) is 4.79 Å². The van der Waals surface area contributed by atoms with E-state index in [1.54, 1.807) is 38.3 Å². The zero-order valence-corrected chi connectivity index (χ0v) is 17.5. The highest BCUT2D eigenvalue weighted by Crippen LogP contribution is 2.24. The van der Waals surface area contributed by atoms with Crippen molar-refractivity contribution in [3.05, 3.63) is 53.6 Å². The standard InChI is InChI=1S/C20H26N2O5S/c1-13(2)21-20(23)18-12-17(10-11-19(18)27-5)28(24,25)22-14(3)15-6-8-16(26-4)9-7-15/h6-14,22H,1-5H3,(H,21,23)/t14-/m0/s1. The van der Waals surface area contributed by atoms with Crippen molar-refractivity contribution in [3.8, 4) is 11.5 Å². The van der Waals surface area contributed by atoms with E-state index >= 15 is 0 Å². The van der Waals surface area contributed by atoms with Crippen LogP contribution in [0.5, 0.6) is 11.5 Å². The topological polar surface area (TPSA) is 93.7 Å². The third-order valence-corrected chi connectivity index (χ3v) is 5.63. The van der Waals surface area contributed by atoms with Gasteiger partial charge in [-0.15, -0.1) is 0 Å². The largest absolute Gasteiger partial charge is 0.497 e. The van der Waals surface area contributed by atoms with Crippen molar-refractivity contribution in [2.24, 2.45) is 0 Å². The lowest BCUT2D eigenvalue weighted by Gasteiger charge is -2.17. The van der Waals surface area contributed by atoms with Crippen LogP contribution in [0.3, 0.4) is 0 Å². The lowest BCUT2D eigenvalue weighted by molar-refractivity contribution is 0.0940. The number of ether oxygens (including phenoxy) is 2. The second kappa shape index (κ2) is 9.07. The number of hydrogen-bond donors (Lipinski definition) is 2. The van der Waals surface area contributed by atoms with Crippen LogP contribution in [0.2, 0.25) is 0 Å². The molecular formula is C20H26N2O5S. The Morgan fingerprint density at radius 3 is 2.14 bits per heavy atom. The molecule has 0 bridgehead atoms. The highest BCUT2D eigenvalue weighted by Gasteiger charge is 2.22. The van der Waals surface area contributed by atoms with Gasteiger partial charge in [0.1, 0.15) is 11.5 Å². The molecule has 0 unspecified atom stereocenters. The molecule has 0 aliphatic rings. The molecule has 0 aliphatic carbocycles. The lowest BCUT2D eigenvalue weighted by atomic mass is 10.1. The Labute approximate surface area is 166 Å². The van der Waals surface area contributed by atoms with Crippen LogP contribution in [0, 0.1) is 0 Å². The average molecular weight is 407 g/mol. The van der Waals surface area contributed by atoms with Gasteiger partial charge in [0.15, 0.2) is 0 Å². The van der Waals surface area contributed by atoms with Gasteiger partial charge in [-0.05, 0) is 56.7 Å². The number of hydrogen-bond acceptors (Lipinski definition) is 5. The van der Waals surface area contributed by atoms with Gasteiger partial charge in [-0.25, -0.2) is 13.1 Å². The molecule has 0 radical (unpaired) electrons. The van der Waals surface area contributed by atoms with E-state index in [4.69, 9.17) is 9.47 Å². The zero-order chi connectivity index (χ0) is 20.9. The quantitative estimate of drug-likeness (QED) is 0.703. The molecule has 0 heterocycles. The van der Waals surface area contributed by atoms with Crippen LogP contribution < -0.4 is 19.5 Å². The number of sulfonamides is 1. The summed E-state index contributed by atoms with van der Waals surface area (Å²) in [5, 5.41) is 2.74. The number of carbonyl (C=O) groups excluding carboxylic acids is 1. The summed E-state index contributed by atoms with van der Waals surface area (Å²) < 4.78 is 38.6. The second-order valence-corrected chi connectivity index (χ2v) is 8.32. The van der Waals surface area contributed by atoms with Gasteiger partial charge >= 0.3 is 0 Å². The summed E-state index contributed by atoms with van der Waals surface area (Å²) in [6.45, 7) is 5.39. The summed E-state index contributed by atoms with van der Waals surface area (Å²) in [5.74, 6) is 0.599. The number of nitrogens with one attached hydrogen (secondary N) is 2. The van der Waals surface area contributed by atoms with E-state index in [9.17, 15) is 13.2 Å². The molecule has 0 fully saturated rings. The highest BCUT2D eigenvalue weighted by molar-refractivity contribution is 7.89. The van der Waals surface area contributed by atoms with Crippen LogP contribution >= 0.6 is 0 Å². The predicted octanol–water partition coefficient (Wildman–Crippen LogP) is 2.88. The molecule has 8 heteroatoms. The minimum Gasteiger partial charge on any atom is -0.497 e. The summed E-state index contributed by atoms with van der Waals surface area (Å²) in [4.78, 5) is 12.4. The molecule has 0 aliphatic heterocycles. The Kier molecular flexibility index (Phi) is 7.04. The molecule has 2 aromatic rings. The first-order chi connectivity index (χ1) is 13.2. The molecule has 0 aromatic heterocycles. The van der Waals surface area contributed by atoms with Gasteiger partial charge in [0, 0.05) is 12.1 Å². The average Bonchev–Trinajstić information content (AvgIpc) is 2.66. The van der Waals surface area contributed by atoms with E-state index < -0.39 is 22.0 Å². The van der Waals surface area contributed by atoms with Crippen molar-refractivity contribution in [1.29, 1.82) is 0 Å². The zero-order valence-electron chi connectivity index (χ0n) is 16.6. The maximum atomic E-state index is 12.8. The van der Waals surface area contributed by atoms with Crippen molar-refractivity contribution in [3.63, 3.8) is 0 Å². The number of carbonyl (C=O) groups is 1. The van der Waals surface area contributed by atoms with Gasteiger partial charge < -0.3 is 14.8 Å². The minimum absolute atomic E-state index is 0.0115. The summed E-state index contributed by atoms with van der Waals surface area (Å²) in [5.41, 5.74) is 0.951. The number of benzene rings is 2. The van der Waals surface area contributed by atoms with Crippen LogP contribution in [-0.2, 0) is 10.0 Å². The number of rotatable bonds is 8. The van der Waals surface area contributed by atoms with E-state index in [0.29, 0.717) is 11.5 Å². The van der Waals surface area contributed by atoms with Crippen molar-refractivity contribution in [1.82, 2.24) is 10.0 Å². The van der Waals surface area contributed by atoms with Crippen LogP contribution in [0.25, 0.3) is 0 Å². The Morgan fingerprint density at radius 1 is 0.964 bits per heavy atom.